The van der Waals surface area contributed by atoms with Crippen molar-refractivity contribution < 1.29 is 9.47 Å². The molecule has 1 aliphatic rings. The second kappa shape index (κ2) is 9.80. The van der Waals surface area contributed by atoms with Crippen LogP contribution in [0.5, 0.6) is 11.6 Å². The van der Waals surface area contributed by atoms with Gasteiger partial charge in [0.15, 0.2) is 0 Å². The van der Waals surface area contributed by atoms with Crippen molar-refractivity contribution in [3.05, 3.63) is 83.6 Å². The predicted octanol–water partition coefficient (Wildman–Crippen LogP) is 5.17. The van der Waals surface area contributed by atoms with Gasteiger partial charge in [-0.1, -0.05) is 24.3 Å². The molecule has 3 aromatic carbocycles. The van der Waals surface area contributed by atoms with Crippen molar-refractivity contribution in [2.45, 2.75) is 13.0 Å². The molecule has 2 N–H and O–H groups in total. The molecule has 8 nitrogen and oxygen atoms in total. The number of nitrogens with one attached hydrogen (secondary N) is 2. The van der Waals surface area contributed by atoms with Gasteiger partial charge in [-0.25, -0.2) is 4.98 Å². The van der Waals surface area contributed by atoms with Crippen LogP contribution in [0.15, 0.2) is 66.9 Å². The molecule has 0 amide bonds. The monoisotopic (exact) mass is 490 g/mol. The Balaban J connectivity index is 1.30. The van der Waals surface area contributed by atoms with E-state index in [1.54, 1.807) is 13.3 Å². The molecule has 37 heavy (non-hydrogen) atoms. The Morgan fingerprint density at radius 3 is 2.86 bits per heavy atom. The molecule has 0 bridgehead atoms. The highest BCUT2D eigenvalue weighted by atomic mass is 16.5. The molecule has 0 aliphatic carbocycles. The zero-order valence-electron chi connectivity index (χ0n) is 20.5. The minimum Gasteiger partial charge on any atom is -0.497 e. The zero-order chi connectivity index (χ0) is 25.2. The number of benzene rings is 3. The number of aromatic nitrogens is 3. The fraction of sp³-hybridized carbons (Fsp3) is 0.207. The summed E-state index contributed by atoms with van der Waals surface area (Å²) in [5.74, 6) is 1.01. The van der Waals surface area contributed by atoms with E-state index < -0.39 is 0 Å². The molecule has 8 heteroatoms. The Bertz CT molecular complexity index is 1640. The van der Waals surface area contributed by atoms with Gasteiger partial charge in [0.25, 0.3) is 0 Å². The molecule has 3 heterocycles. The second-order valence-corrected chi connectivity index (χ2v) is 9.10. The topological polar surface area (TPSA) is 99.1 Å². The third kappa shape index (κ3) is 4.53. The van der Waals surface area contributed by atoms with Crippen molar-refractivity contribution in [1.82, 2.24) is 20.1 Å². The molecule has 1 aliphatic heterocycles. The first-order valence-electron chi connectivity index (χ1n) is 12.3. The fourth-order valence-electron chi connectivity index (χ4n) is 4.86. The Kier molecular flexibility index (Phi) is 6.05. The van der Waals surface area contributed by atoms with E-state index in [2.05, 4.69) is 50.7 Å². The van der Waals surface area contributed by atoms with Gasteiger partial charge in [-0.05, 0) is 53.9 Å². The van der Waals surface area contributed by atoms with E-state index in [9.17, 15) is 5.26 Å². The number of pyridine rings is 1. The first kappa shape index (κ1) is 22.8. The number of anilines is 2. The molecule has 5 aromatic rings. The number of nitrogens with zero attached hydrogens (tertiary/aromatic N) is 4. The molecule has 0 unspecified atom stereocenters. The van der Waals surface area contributed by atoms with E-state index in [-0.39, 0.29) is 0 Å². The lowest BCUT2D eigenvalue weighted by atomic mass is 10.0. The summed E-state index contributed by atoms with van der Waals surface area (Å²) in [4.78, 5) is 7.08. The number of aromatic amines is 1. The summed E-state index contributed by atoms with van der Waals surface area (Å²) < 4.78 is 11.6. The van der Waals surface area contributed by atoms with Gasteiger partial charge in [-0.15, -0.1) is 0 Å². The highest BCUT2D eigenvalue weighted by Gasteiger charge is 2.19. The Labute approximate surface area is 214 Å². The predicted molar refractivity (Wildman–Crippen MR) is 143 cm³/mol. The van der Waals surface area contributed by atoms with E-state index in [0.717, 1.165) is 48.0 Å². The summed E-state index contributed by atoms with van der Waals surface area (Å²) in [6.45, 7) is 3.07. The van der Waals surface area contributed by atoms with Crippen molar-refractivity contribution in [1.29, 1.82) is 5.26 Å². The maximum absolute atomic E-state index is 10.2. The fourth-order valence-corrected chi connectivity index (χ4v) is 4.86. The SMILES string of the molecule is COc1ccc2nc(OCCN3CCc4ccccc4C3)c(C#N)c(Nc3ccc4cn[nH]c4c3)c2c1. The normalized spacial score (nSPS) is 13.3. The van der Waals surface area contributed by atoms with Gasteiger partial charge >= 0.3 is 0 Å². The van der Waals surface area contributed by atoms with E-state index in [0.29, 0.717) is 35.0 Å². The first-order valence-corrected chi connectivity index (χ1v) is 12.3. The third-order valence-electron chi connectivity index (χ3n) is 6.84. The van der Waals surface area contributed by atoms with Crippen LogP contribution in [0.1, 0.15) is 16.7 Å². The average molecular weight is 491 g/mol. The molecular formula is C29H26N6O2. The summed E-state index contributed by atoms with van der Waals surface area (Å²) in [6.07, 6.45) is 2.81. The molecule has 0 saturated heterocycles. The van der Waals surface area contributed by atoms with E-state index in [4.69, 9.17) is 14.5 Å². The average Bonchev–Trinajstić information content (AvgIpc) is 3.41. The molecule has 6 rings (SSSR count). The third-order valence-corrected chi connectivity index (χ3v) is 6.84. The minimum atomic E-state index is 0.322. The number of H-pyrrole nitrogens is 1. The number of nitriles is 1. The molecule has 0 atom stereocenters. The number of hydrogen-bond acceptors (Lipinski definition) is 7. The van der Waals surface area contributed by atoms with E-state index >= 15 is 0 Å². The van der Waals surface area contributed by atoms with Crippen LogP contribution in [-0.2, 0) is 13.0 Å². The summed E-state index contributed by atoms with van der Waals surface area (Å²) in [6, 6.07) is 22.4. The lowest BCUT2D eigenvalue weighted by molar-refractivity contribution is 0.193. The Hall–Kier alpha value is -4.61. The van der Waals surface area contributed by atoms with Crippen LogP contribution in [0, 0.1) is 11.3 Å². The van der Waals surface area contributed by atoms with Crippen LogP contribution >= 0.6 is 0 Å². The first-order chi connectivity index (χ1) is 18.2. The number of methoxy groups -OCH3 is 1. The summed E-state index contributed by atoms with van der Waals surface area (Å²) >= 11 is 0. The smallest absolute Gasteiger partial charge is 0.234 e. The van der Waals surface area contributed by atoms with Gasteiger partial charge in [0.1, 0.15) is 24.0 Å². The van der Waals surface area contributed by atoms with Crippen LogP contribution < -0.4 is 14.8 Å². The maximum Gasteiger partial charge on any atom is 0.234 e. The second-order valence-electron chi connectivity index (χ2n) is 9.10. The summed E-state index contributed by atoms with van der Waals surface area (Å²) in [5, 5.41) is 22.5. The lowest BCUT2D eigenvalue weighted by Gasteiger charge is -2.28. The van der Waals surface area contributed by atoms with Crippen molar-refractivity contribution in [3.63, 3.8) is 0 Å². The van der Waals surface area contributed by atoms with Crippen molar-refractivity contribution in [2.24, 2.45) is 0 Å². The molecule has 184 valence electrons. The maximum atomic E-state index is 10.2. The Morgan fingerprint density at radius 1 is 1.11 bits per heavy atom. The number of rotatable bonds is 7. The number of hydrogen-bond donors (Lipinski definition) is 2. The zero-order valence-corrected chi connectivity index (χ0v) is 20.5. The number of ether oxygens (including phenoxy) is 2. The van der Waals surface area contributed by atoms with E-state index in [1.807, 2.05) is 36.4 Å². The summed E-state index contributed by atoms with van der Waals surface area (Å²) in [5.41, 5.74) is 6.21. The highest BCUT2D eigenvalue weighted by molar-refractivity contribution is 5.98. The molecule has 0 fully saturated rings. The largest absolute Gasteiger partial charge is 0.497 e. The summed E-state index contributed by atoms with van der Waals surface area (Å²) in [7, 11) is 1.62. The van der Waals surface area contributed by atoms with Crippen molar-refractivity contribution in [3.8, 4) is 17.7 Å². The van der Waals surface area contributed by atoms with Crippen molar-refractivity contribution >= 4 is 33.2 Å². The number of fused-ring (bicyclic) bond motifs is 3. The lowest BCUT2D eigenvalue weighted by Crippen LogP contribution is -2.33. The van der Waals surface area contributed by atoms with Gasteiger partial charge in [0.2, 0.25) is 5.88 Å². The van der Waals surface area contributed by atoms with Gasteiger partial charge in [0.05, 0.1) is 30.0 Å². The molecule has 0 saturated carbocycles. The molecule has 2 aromatic heterocycles. The van der Waals surface area contributed by atoms with Gasteiger partial charge in [-0.3, -0.25) is 10.00 Å². The van der Waals surface area contributed by atoms with Crippen LogP contribution in [0.4, 0.5) is 11.4 Å². The van der Waals surface area contributed by atoms with Crippen LogP contribution in [0.2, 0.25) is 0 Å². The van der Waals surface area contributed by atoms with E-state index in [1.165, 1.54) is 11.1 Å². The molecule has 0 radical (unpaired) electrons. The van der Waals surface area contributed by atoms with Gasteiger partial charge < -0.3 is 14.8 Å². The van der Waals surface area contributed by atoms with Crippen LogP contribution in [0.25, 0.3) is 21.8 Å². The van der Waals surface area contributed by atoms with Gasteiger partial charge in [-0.2, -0.15) is 10.4 Å². The standard InChI is InChI=1S/C29H26N6O2/c1-36-23-8-9-26-24(15-23)28(32-22-7-6-20-17-31-34-27(20)14-22)25(16-30)29(33-26)37-13-12-35-11-10-19-4-2-3-5-21(19)18-35/h2-9,14-15,17H,10-13,18H2,1H3,(H,31,34)(H,32,33). The van der Waals surface area contributed by atoms with Crippen LogP contribution in [-0.4, -0.2) is 46.9 Å². The van der Waals surface area contributed by atoms with Crippen molar-refractivity contribution in [2.75, 3.05) is 32.1 Å². The van der Waals surface area contributed by atoms with Crippen LogP contribution in [0.3, 0.4) is 0 Å². The Morgan fingerprint density at radius 2 is 2.00 bits per heavy atom. The minimum absolute atomic E-state index is 0.322. The molecular weight excluding hydrogens is 464 g/mol. The quantitative estimate of drug-likeness (QED) is 0.325. The molecule has 0 spiro atoms. The van der Waals surface area contributed by atoms with Gasteiger partial charge in [0, 0.05) is 36.1 Å². The highest BCUT2D eigenvalue weighted by Crippen LogP contribution is 2.36.